The van der Waals surface area contributed by atoms with Gasteiger partial charge in [0.05, 0.1) is 25.4 Å². The lowest BCUT2D eigenvalue weighted by Crippen LogP contribution is -2.45. The Morgan fingerprint density at radius 1 is 0.386 bits per heavy atom. The highest BCUT2D eigenvalue weighted by Crippen LogP contribution is 2.17. The molecule has 0 spiro atoms. The van der Waals surface area contributed by atoms with Crippen LogP contribution in [0.3, 0.4) is 0 Å². The normalized spacial score (nSPS) is 12.7. The van der Waals surface area contributed by atoms with E-state index in [4.69, 9.17) is 4.74 Å². The molecule has 70 heavy (non-hydrogen) atoms. The molecule has 6 heteroatoms. The molecule has 3 N–H and O–H groups in total. The zero-order valence-electron chi connectivity index (χ0n) is 47.3. The molecule has 2 atom stereocenters. The van der Waals surface area contributed by atoms with Crippen molar-refractivity contribution < 1.29 is 24.5 Å². The van der Waals surface area contributed by atoms with Crippen LogP contribution in [0, 0.1) is 0 Å². The van der Waals surface area contributed by atoms with Crippen LogP contribution in [0.5, 0.6) is 0 Å². The predicted molar refractivity (Wildman–Crippen MR) is 306 cm³/mol. The summed E-state index contributed by atoms with van der Waals surface area (Å²) in [5, 5.41) is 23.3. The number of hydrogen-bond acceptors (Lipinski definition) is 5. The van der Waals surface area contributed by atoms with E-state index in [0.29, 0.717) is 25.9 Å². The molecular formula is C64H123NO5. The van der Waals surface area contributed by atoms with E-state index in [1.807, 2.05) is 0 Å². The summed E-state index contributed by atoms with van der Waals surface area (Å²) in [4.78, 5) is 24.5. The number of nitrogens with one attached hydrogen (secondary N) is 1. The lowest BCUT2D eigenvalue weighted by atomic mass is 10.0. The summed E-state index contributed by atoms with van der Waals surface area (Å²) in [6, 6.07) is -0.546. The number of esters is 1. The van der Waals surface area contributed by atoms with Gasteiger partial charge in [-0.05, 0) is 77.0 Å². The molecule has 0 rings (SSSR count). The number of rotatable bonds is 59. The summed E-state index contributed by atoms with van der Waals surface area (Å²) < 4.78 is 5.48. The molecule has 0 saturated heterocycles. The maximum Gasteiger partial charge on any atom is 0.305 e. The molecular weight excluding hydrogens is 863 g/mol. The number of amides is 1. The Morgan fingerprint density at radius 2 is 0.671 bits per heavy atom. The second-order valence-corrected chi connectivity index (χ2v) is 21.7. The first kappa shape index (κ1) is 68.3. The highest BCUT2D eigenvalue weighted by molar-refractivity contribution is 5.76. The number of hydrogen-bond donors (Lipinski definition) is 3. The molecule has 0 aromatic heterocycles. The highest BCUT2D eigenvalue weighted by Gasteiger charge is 2.20. The number of allylic oxidation sites excluding steroid dienone is 4. The van der Waals surface area contributed by atoms with Crippen LogP contribution in [0.25, 0.3) is 0 Å². The maximum atomic E-state index is 12.5. The summed E-state index contributed by atoms with van der Waals surface area (Å²) in [7, 11) is 0. The maximum absolute atomic E-state index is 12.5. The van der Waals surface area contributed by atoms with Crippen molar-refractivity contribution in [1.82, 2.24) is 5.32 Å². The summed E-state index contributed by atoms with van der Waals surface area (Å²) >= 11 is 0. The Balaban J connectivity index is 3.41. The average Bonchev–Trinajstić information content (AvgIpc) is 3.36. The van der Waals surface area contributed by atoms with Crippen LogP contribution in [0.1, 0.15) is 348 Å². The van der Waals surface area contributed by atoms with E-state index < -0.39 is 12.1 Å². The van der Waals surface area contributed by atoms with Gasteiger partial charge >= 0.3 is 5.97 Å². The summed E-state index contributed by atoms with van der Waals surface area (Å²) in [5.74, 6) is -0.0373. The number of ether oxygens (including phenoxy) is 1. The molecule has 6 nitrogen and oxygen atoms in total. The third kappa shape index (κ3) is 55.7. The summed E-state index contributed by atoms with van der Waals surface area (Å²) in [6.45, 7) is 4.96. The molecule has 0 heterocycles. The van der Waals surface area contributed by atoms with Crippen LogP contribution in [0.2, 0.25) is 0 Å². The SMILES string of the molecule is CCCCCCCC/C=C\CCCCCCCC(=O)OCCCCCCCCCCCCC/C=C\CCCCCCCCCC(=O)NC(CO)C(O)CCCCCCCCCCCCCCCCCC. The Labute approximate surface area is 437 Å². The van der Waals surface area contributed by atoms with Gasteiger partial charge in [0.1, 0.15) is 0 Å². The number of carbonyl (C=O) groups excluding carboxylic acids is 2. The van der Waals surface area contributed by atoms with E-state index in [1.165, 1.54) is 270 Å². The van der Waals surface area contributed by atoms with Gasteiger partial charge in [-0.15, -0.1) is 0 Å². The molecule has 0 bridgehead atoms. The second-order valence-electron chi connectivity index (χ2n) is 21.7. The van der Waals surface area contributed by atoms with E-state index >= 15 is 0 Å². The lowest BCUT2D eigenvalue weighted by Gasteiger charge is -2.22. The Kier molecular flexibility index (Phi) is 58.5. The standard InChI is InChI=1S/C64H123NO5/c1-3-5-7-9-11-13-15-17-19-29-32-36-40-44-48-52-56-62(67)61(60-66)65-63(68)57-53-49-45-41-37-33-30-26-24-22-20-21-23-25-27-31-35-39-43-47-51-55-59-70-64(69)58-54-50-46-42-38-34-28-18-16-14-12-10-8-6-4-2/h18,22,24,28,61-62,66-67H,3-17,19-21,23,25-27,29-60H2,1-2H3,(H,65,68)/b24-22-,28-18-. The van der Waals surface area contributed by atoms with Crippen molar-refractivity contribution in [2.24, 2.45) is 0 Å². The van der Waals surface area contributed by atoms with Crippen molar-refractivity contribution in [2.45, 2.75) is 360 Å². The Hall–Kier alpha value is -1.66. The van der Waals surface area contributed by atoms with Gasteiger partial charge in [-0.3, -0.25) is 9.59 Å². The van der Waals surface area contributed by atoms with Crippen molar-refractivity contribution in [3.05, 3.63) is 24.3 Å². The van der Waals surface area contributed by atoms with Crippen molar-refractivity contribution in [3.8, 4) is 0 Å². The van der Waals surface area contributed by atoms with Crippen LogP contribution < -0.4 is 5.32 Å². The topological polar surface area (TPSA) is 95.9 Å². The van der Waals surface area contributed by atoms with Crippen molar-refractivity contribution in [3.63, 3.8) is 0 Å². The molecule has 0 saturated carbocycles. The third-order valence-electron chi connectivity index (χ3n) is 14.7. The number of unbranched alkanes of at least 4 members (excludes halogenated alkanes) is 44. The highest BCUT2D eigenvalue weighted by atomic mass is 16.5. The predicted octanol–water partition coefficient (Wildman–Crippen LogP) is 19.8. The fourth-order valence-electron chi connectivity index (χ4n) is 9.87. The van der Waals surface area contributed by atoms with Crippen LogP contribution in [0.15, 0.2) is 24.3 Å². The summed E-state index contributed by atoms with van der Waals surface area (Å²) in [5.41, 5.74) is 0. The van der Waals surface area contributed by atoms with Gasteiger partial charge in [0, 0.05) is 12.8 Å². The number of aliphatic hydroxyl groups is 2. The van der Waals surface area contributed by atoms with Gasteiger partial charge in [0.25, 0.3) is 0 Å². The summed E-state index contributed by atoms with van der Waals surface area (Å²) in [6.07, 6.45) is 73.3. The fourth-order valence-corrected chi connectivity index (χ4v) is 9.87. The molecule has 0 aliphatic rings. The van der Waals surface area contributed by atoms with Crippen molar-refractivity contribution in [1.29, 1.82) is 0 Å². The van der Waals surface area contributed by atoms with E-state index in [2.05, 4.69) is 43.5 Å². The fraction of sp³-hybridized carbons (Fsp3) is 0.906. The quantitative estimate of drug-likeness (QED) is 0.0321. The van der Waals surface area contributed by atoms with Gasteiger partial charge in [-0.25, -0.2) is 0 Å². The second kappa shape index (κ2) is 59.9. The minimum Gasteiger partial charge on any atom is -0.466 e. The largest absolute Gasteiger partial charge is 0.466 e. The molecule has 0 radical (unpaired) electrons. The monoisotopic (exact) mass is 986 g/mol. The molecule has 0 aromatic rings. The molecule has 0 aromatic carbocycles. The molecule has 414 valence electrons. The van der Waals surface area contributed by atoms with Crippen LogP contribution in [0.4, 0.5) is 0 Å². The van der Waals surface area contributed by atoms with E-state index in [-0.39, 0.29) is 18.5 Å². The van der Waals surface area contributed by atoms with E-state index in [0.717, 1.165) is 44.9 Å². The third-order valence-corrected chi connectivity index (χ3v) is 14.7. The van der Waals surface area contributed by atoms with Gasteiger partial charge in [-0.1, -0.05) is 282 Å². The number of carbonyl (C=O) groups is 2. The zero-order valence-corrected chi connectivity index (χ0v) is 47.3. The first-order valence-corrected chi connectivity index (χ1v) is 31.6. The van der Waals surface area contributed by atoms with Crippen molar-refractivity contribution in [2.75, 3.05) is 13.2 Å². The van der Waals surface area contributed by atoms with Gasteiger partial charge in [0.15, 0.2) is 0 Å². The Morgan fingerprint density at radius 3 is 1.01 bits per heavy atom. The van der Waals surface area contributed by atoms with Gasteiger partial charge in [0.2, 0.25) is 5.91 Å². The molecule has 1 amide bonds. The molecule has 0 fully saturated rings. The minimum atomic E-state index is -0.668. The zero-order chi connectivity index (χ0) is 50.7. The Bertz CT molecular complexity index is 1090. The molecule has 0 aliphatic heterocycles. The van der Waals surface area contributed by atoms with Crippen molar-refractivity contribution >= 4 is 11.9 Å². The van der Waals surface area contributed by atoms with E-state index in [9.17, 15) is 19.8 Å². The van der Waals surface area contributed by atoms with Gasteiger partial charge < -0.3 is 20.3 Å². The van der Waals surface area contributed by atoms with Crippen LogP contribution >= 0.6 is 0 Å². The first-order valence-electron chi connectivity index (χ1n) is 31.6. The smallest absolute Gasteiger partial charge is 0.305 e. The number of aliphatic hydroxyl groups excluding tert-OH is 2. The average molecular weight is 987 g/mol. The van der Waals surface area contributed by atoms with Crippen LogP contribution in [-0.4, -0.2) is 47.4 Å². The molecule has 2 unspecified atom stereocenters. The first-order chi connectivity index (χ1) is 34.5. The molecule has 0 aliphatic carbocycles. The lowest BCUT2D eigenvalue weighted by molar-refractivity contribution is -0.143. The van der Waals surface area contributed by atoms with E-state index in [1.54, 1.807) is 0 Å². The van der Waals surface area contributed by atoms with Crippen LogP contribution in [-0.2, 0) is 14.3 Å². The minimum absolute atomic E-state index is 0.00250. The van der Waals surface area contributed by atoms with Gasteiger partial charge in [-0.2, -0.15) is 0 Å².